The molecule has 1 atom stereocenters. The van der Waals surface area contributed by atoms with Crippen molar-refractivity contribution < 1.29 is 4.79 Å². The fourth-order valence-electron chi connectivity index (χ4n) is 1.14. The molecule has 0 fully saturated rings. The monoisotopic (exact) mass is 196 g/mol. The second kappa shape index (κ2) is 4.23. The third-order valence-electron chi connectivity index (χ3n) is 2.52. The average Bonchev–Trinajstić information content (AvgIpc) is 2.66. The number of hydrogen-bond acceptors (Lipinski definition) is 3. The quantitative estimate of drug-likeness (QED) is 0.681. The van der Waals surface area contributed by atoms with Crippen molar-refractivity contribution in [1.29, 1.82) is 0 Å². The molecule has 1 aromatic heterocycles. The number of nitrogens with two attached hydrogens (primary N) is 1. The van der Waals surface area contributed by atoms with Gasteiger partial charge in [0.05, 0.1) is 11.9 Å². The highest BCUT2D eigenvalue weighted by atomic mass is 16.1. The van der Waals surface area contributed by atoms with Crippen LogP contribution in [-0.4, -0.2) is 28.0 Å². The SMILES string of the molecule is CNC(C)(CCn1ccnc1)C(N)=O. The molecule has 0 bridgehead atoms. The van der Waals surface area contributed by atoms with Gasteiger partial charge in [-0.15, -0.1) is 0 Å². The van der Waals surface area contributed by atoms with Crippen LogP contribution in [0, 0.1) is 0 Å². The number of carbonyl (C=O) groups excluding carboxylic acids is 1. The first-order valence-corrected chi connectivity index (χ1v) is 4.53. The van der Waals surface area contributed by atoms with Crippen LogP contribution < -0.4 is 11.1 Å². The van der Waals surface area contributed by atoms with Crippen LogP contribution in [0.2, 0.25) is 0 Å². The van der Waals surface area contributed by atoms with E-state index in [1.807, 2.05) is 10.8 Å². The van der Waals surface area contributed by atoms with Crippen molar-refractivity contribution in [3.63, 3.8) is 0 Å². The van der Waals surface area contributed by atoms with E-state index in [0.717, 1.165) is 6.54 Å². The van der Waals surface area contributed by atoms with Crippen LogP contribution >= 0.6 is 0 Å². The normalized spacial score (nSPS) is 15.0. The van der Waals surface area contributed by atoms with Gasteiger partial charge in [-0.25, -0.2) is 4.98 Å². The summed E-state index contributed by atoms with van der Waals surface area (Å²) >= 11 is 0. The molecular weight excluding hydrogens is 180 g/mol. The molecule has 0 aliphatic heterocycles. The molecule has 3 N–H and O–H groups in total. The fraction of sp³-hybridized carbons (Fsp3) is 0.556. The van der Waals surface area contributed by atoms with Crippen LogP contribution in [0.15, 0.2) is 18.7 Å². The Kier molecular flexibility index (Phi) is 3.24. The number of carbonyl (C=O) groups is 1. The molecule has 0 spiro atoms. The molecule has 5 nitrogen and oxygen atoms in total. The number of likely N-dealkylation sites (N-methyl/N-ethyl adjacent to an activating group) is 1. The van der Waals surface area contributed by atoms with Crippen molar-refractivity contribution in [1.82, 2.24) is 14.9 Å². The maximum atomic E-state index is 11.1. The summed E-state index contributed by atoms with van der Waals surface area (Å²) in [5, 5.41) is 2.93. The zero-order chi connectivity index (χ0) is 10.6. The molecular formula is C9H16N4O. The van der Waals surface area contributed by atoms with Gasteiger partial charge in [0.2, 0.25) is 5.91 Å². The molecule has 78 valence electrons. The Bertz CT molecular complexity index is 296. The Morgan fingerprint density at radius 2 is 2.43 bits per heavy atom. The van der Waals surface area contributed by atoms with Crippen molar-refractivity contribution in [3.8, 4) is 0 Å². The van der Waals surface area contributed by atoms with Gasteiger partial charge in [-0.2, -0.15) is 0 Å². The predicted octanol–water partition coefficient (Wildman–Crippen LogP) is -0.263. The van der Waals surface area contributed by atoms with Crippen molar-refractivity contribution in [2.24, 2.45) is 5.73 Å². The van der Waals surface area contributed by atoms with Gasteiger partial charge in [0.25, 0.3) is 0 Å². The summed E-state index contributed by atoms with van der Waals surface area (Å²) in [6.07, 6.45) is 5.93. The maximum absolute atomic E-state index is 11.1. The zero-order valence-electron chi connectivity index (χ0n) is 8.53. The summed E-state index contributed by atoms with van der Waals surface area (Å²) in [5.74, 6) is -0.333. The Morgan fingerprint density at radius 3 is 2.86 bits per heavy atom. The number of aryl methyl sites for hydroxylation is 1. The highest BCUT2D eigenvalue weighted by Gasteiger charge is 2.28. The van der Waals surface area contributed by atoms with Crippen LogP contribution in [0.25, 0.3) is 0 Å². The highest BCUT2D eigenvalue weighted by Crippen LogP contribution is 2.09. The number of aromatic nitrogens is 2. The van der Waals surface area contributed by atoms with Crippen LogP contribution in [-0.2, 0) is 11.3 Å². The van der Waals surface area contributed by atoms with Gasteiger partial charge in [0.1, 0.15) is 0 Å². The topological polar surface area (TPSA) is 72.9 Å². The maximum Gasteiger partial charge on any atom is 0.237 e. The van der Waals surface area contributed by atoms with Gasteiger partial charge in [-0.05, 0) is 20.4 Å². The van der Waals surface area contributed by atoms with Gasteiger partial charge >= 0.3 is 0 Å². The third-order valence-corrected chi connectivity index (χ3v) is 2.52. The van der Waals surface area contributed by atoms with Gasteiger partial charge in [0.15, 0.2) is 0 Å². The van der Waals surface area contributed by atoms with E-state index in [1.165, 1.54) is 0 Å². The molecule has 1 rings (SSSR count). The standard InChI is InChI=1S/C9H16N4O/c1-9(11-2,8(10)14)3-5-13-6-4-12-7-13/h4,6-7,11H,3,5H2,1-2H3,(H2,10,14). The predicted molar refractivity (Wildman–Crippen MR) is 53.5 cm³/mol. The number of primary amides is 1. The van der Waals surface area contributed by atoms with Crippen LogP contribution in [0.4, 0.5) is 0 Å². The lowest BCUT2D eigenvalue weighted by molar-refractivity contribution is -0.123. The van der Waals surface area contributed by atoms with E-state index in [1.54, 1.807) is 26.5 Å². The van der Waals surface area contributed by atoms with Crippen LogP contribution in [0.1, 0.15) is 13.3 Å². The minimum Gasteiger partial charge on any atom is -0.368 e. The lowest BCUT2D eigenvalue weighted by Gasteiger charge is -2.25. The Labute approximate surface area is 83.3 Å². The molecule has 1 aromatic rings. The first kappa shape index (κ1) is 10.7. The van der Waals surface area contributed by atoms with E-state index in [9.17, 15) is 4.79 Å². The van der Waals surface area contributed by atoms with Gasteiger partial charge in [0, 0.05) is 18.9 Å². The van der Waals surface area contributed by atoms with Crippen LogP contribution in [0.5, 0.6) is 0 Å². The smallest absolute Gasteiger partial charge is 0.237 e. The minimum atomic E-state index is -0.649. The number of imidazole rings is 1. The van der Waals surface area contributed by atoms with E-state index in [4.69, 9.17) is 5.73 Å². The summed E-state index contributed by atoms with van der Waals surface area (Å²) in [7, 11) is 1.73. The molecule has 14 heavy (non-hydrogen) atoms. The minimum absolute atomic E-state index is 0.333. The molecule has 1 unspecified atom stereocenters. The summed E-state index contributed by atoms with van der Waals surface area (Å²) in [6, 6.07) is 0. The third kappa shape index (κ3) is 2.32. The second-order valence-electron chi connectivity index (χ2n) is 3.50. The first-order chi connectivity index (χ1) is 6.58. The molecule has 0 saturated carbocycles. The number of amides is 1. The summed E-state index contributed by atoms with van der Waals surface area (Å²) in [6.45, 7) is 2.52. The van der Waals surface area contributed by atoms with Gasteiger partial charge in [-0.1, -0.05) is 0 Å². The van der Waals surface area contributed by atoms with E-state index in [-0.39, 0.29) is 5.91 Å². The Morgan fingerprint density at radius 1 is 1.71 bits per heavy atom. The lowest BCUT2D eigenvalue weighted by Crippen LogP contribution is -2.51. The number of hydrogen-bond donors (Lipinski definition) is 2. The Balaban J connectivity index is 2.54. The van der Waals surface area contributed by atoms with E-state index in [2.05, 4.69) is 10.3 Å². The summed E-state index contributed by atoms with van der Waals surface area (Å²) in [5.41, 5.74) is 4.65. The van der Waals surface area contributed by atoms with Crippen LogP contribution in [0.3, 0.4) is 0 Å². The highest BCUT2D eigenvalue weighted by molar-refractivity contribution is 5.84. The van der Waals surface area contributed by atoms with Gasteiger partial charge in [-0.3, -0.25) is 4.79 Å². The lowest BCUT2D eigenvalue weighted by atomic mass is 9.97. The molecule has 0 saturated heterocycles. The zero-order valence-corrected chi connectivity index (χ0v) is 8.53. The second-order valence-corrected chi connectivity index (χ2v) is 3.50. The molecule has 5 heteroatoms. The van der Waals surface area contributed by atoms with E-state index >= 15 is 0 Å². The fourth-order valence-corrected chi connectivity index (χ4v) is 1.14. The Hall–Kier alpha value is -1.36. The van der Waals surface area contributed by atoms with Crippen molar-refractivity contribution in [2.75, 3.05) is 7.05 Å². The average molecular weight is 196 g/mol. The molecule has 0 aromatic carbocycles. The largest absolute Gasteiger partial charge is 0.368 e. The van der Waals surface area contributed by atoms with Gasteiger partial charge < -0.3 is 15.6 Å². The van der Waals surface area contributed by atoms with E-state index < -0.39 is 5.54 Å². The molecule has 0 aliphatic carbocycles. The number of nitrogens with one attached hydrogen (secondary N) is 1. The molecule has 0 radical (unpaired) electrons. The molecule has 1 heterocycles. The van der Waals surface area contributed by atoms with Crippen molar-refractivity contribution in [3.05, 3.63) is 18.7 Å². The first-order valence-electron chi connectivity index (χ1n) is 4.53. The molecule has 0 aliphatic rings. The number of rotatable bonds is 5. The number of nitrogens with zero attached hydrogens (tertiary/aromatic N) is 2. The van der Waals surface area contributed by atoms with Crippen molar-refractivity contribution >= 4 is 5.91 Å². The van der Waals surface area contributed by atoms with Crippen molar-refractivity contribution in [2.45, 2.75) is 25.4 Å². The summed E-state index contributed by atoms with van der Waals surface area (Å²) in [4.78, 5) is 15.1. The van der Waals surface area contributed by atoms with E-state index in [0.29, 0.717) is 6.42 Å². The molecule has 1 amide bonds. The summed E-state index contributed by atoms with van der Waals surface area (Å²) < 4.78 is 1.92.